The highest BCUT2D eigenvalue weighted by atomic mass is 16.5. The fourth-order valence-corrected chi connectivity index (χ4v) is 2.23. The van der Waals surface area contributed by atoms with Crippen molar-refractivity contribution in [2.45, 2.75) is 27.3 Å². The number of nitrogens with zero attached hydrogens (tertiary/aromatic N) is 1. The summed E-state index contributed by atoms with van der Waals surface area (Å²) in [6.45, 7) is 6.52. The maximum Gasteiger partial charge on any atom is 0.251 e. The van der Waals surface area contributed by atoms with Crippen LogP contribution < -0.4 is 15.4 Å². The molecular formula is C19H23N3O3. The van der Waals surface area contributed by atoms with Gasteiger partial charge in [-0.2, -0.15) is 0 Å². The van der Waals surface area contributed by atoms with E-state index in [1.165, 1.54) is 0 Å². The van der Waals surface area contributed by atoms with E-state index in [1.807, 2.05) is 39.0 Å². The molecule has 1 aromatic carbocycles. The van der Waals surface area contributed by atoms with Gasteiger partial charge in [0.15, 0.2) is 0 Å². The first-order chi connectivity index (χ1) is 12.0. The third-order valence-electron chi connectivity index (χ3n) is 3.79. The van der Waals surface area contributed by atoms with Crippen LogP contribution in [0, 0.1) is 13.8 Å². The lowest BCUT2D eigenvalue weighted by Crippen LogP contribution is -2.36. The first-order valence-electron chi connectivity index (χ1n) is 8.20. The van der Waals surface area contributed by atoms with Crippen LogP contribution in [0.3, 0.4) is 0 Å². The summed E-state index contributed by atoms with van der Waals surface area (Å²) < 4.78 is 5.41. The molecule has 0 aliphatic heterocycles. The number of aryl methyl sites for hydroxylation is 2. The number of ether oxygens (including phenoxy) is 1. The van der Waals surface area contributed by atoms with E-state index in [9.17, 15) is 9.59 Å². The van der Waals surface area contributed by atoms with Gasteiger partial charge >= 0.3 is 0 Å². The average molecular weight is 341 g/mol. The van der Waals surface area contributed by atoms with E-state index in [4.69, 9.17) is 4.74 Å². The first kappa shape index (κ1) is 18.4. The normalized spacial score (nSPS) is 10.2. The summed E-state index contributed by atoms with van der Waals surface area (Å²) in [5, 5.41) is 5.38. The number of amides is 2. The van der Waals surface area contributed by atoms with Crippen LogP contribution in [0.25, 0.3) is 0 Å². The maximum absolute atomic E-state index is 12.1. The Labute approximate surface area is 147 Å². The molecule has 0 spiro atoms. The summed E-state index contributed by atoms with van der Waals surface area (Å²) in [4.78, 5) is 28.2. The molecule has 132 valence electrons. The SMILES string of the molecule is CCOc1ncccc1CNC(=O)CNC(=O)c1ccc(C)c(C)c1. The van der Waals surface area contributed by atoms with E-state index in [0.29, 0.717) is 24.6 Å². The summed E-state index contributed by atoms with van der Waals surface area (Å²) in [5.41, 5.74) is 3.49. The van der Waals surface area contributed by atoms with Crippen LogP contribution in [-0.2, 0) is 11.3 Å². The van der Waals surface area contributed by atoms with Crippen molar-refractivity contribution >= 4 is 11.8 Å². The largest absolute Gasteiger partial charge is 0.478 e. The molecule has 6 nitrogen and oxygen atoms in total. The van der Waals surface area contributed by atoms with Crippen molar-refractivity contribution in [1.82, 2.24) is 15.6 Å². The van der Waals surface area contributed by atoms with E-state index >= 15 is 0 Å². The van der Waals surface area contributed by atoms with Gasteiger partial charge in [0.05, 0.1) is 13.2 Å². The Morgan fingerprint density at radius 2 is 1.92 bits per heavy atom. The molecule has 1 aromatic heterocycles. The van der Waals surface area contributed by atoms with Gasteiger partial charge in [-0.1, -0.05) is 12.1 Å². The summed E-state index contributed by atoms with van der Waals surface area (Å²) in [7, 11) is 0. The van der Waals surface area contributed by atoms with E-state index in [0.717, 1.165) is 16.7 Å². The van der Waals surface area contributed by atoms with Crippen molar-refractivity contribution < 1.29 is 14.3 Å². The Balaban J connectivity index is 1.84. The Morgan fingerprint density at radius 1 is 1.12 bits per heavy atom. The van der Waals surface area contributed by atoms with Gasteiger partial charge < -0.3 is 15.4 Å². The number of carbonyl (C=O) groups is 2. The lowest BCUT2D eigenvalue weighted by molar-refractivity contribution is -0.120. The van der Waals surface area contributed by atoms with Crippen molar-refractivity contribution in [3.05, 3.63) is 58.8 Å². The van der Waals surface area contributed by atoms with Gasteiger partial charge in [-0.3, -0.25) is 9.59 Å². The standard InChI is InChI=1S/C19H23N3O3/c1-4-25-19-16(6-5-9-20-19)11-21-17(23)12-22-18(24)15-8-7-13(2)14(3)10-15/h5-10H,4,11-12H2,1-3H3,(H,21,23)(H,22,24). The predicted molar refractivity (Wildman–Crippen MR) is 95.5 cm³/mol. The van der Waals surface area contributed by atoms with E-state index in [2.05, 4.69) is 15.6 Å². The van der Waals surface area contributed by atoms with Crippen LogP contribution in [-0.4, -0.2) is 29.9 Å². The van der Waals surface area contributed by atoms with E-state index in [-0.39, 0.29) is 18.4 Å². The molecule has 0 saturated carbocycles. The van der Waals surface area contributed by atoms with Crippen LogP contribution in [0.4, 0.5) is 0 Å². The molecule has 2 N–H and O–H groups in total. The highest BCUT2D eigenvalue weighted by Crippen LogP contribution is 2.13. The van der Waals surface area contributed by atoms with Crippen molar-refractivity contribution in [2.24, 2.45) is 0 Å². The quantitative estimate of drug-likeness (QED) is 0.809. The molecule has 0 fully saturated rings. The highest BCUT2D eigenvalue weighted by molar-refractivity contribution is 5.96. The first-order valence-corrected chi connectivity index (χ1v) is 8.20. The third kappa shape index (κ3) is 5.31. The molecule has 2 amide bonds. The molecule has 2 aromatic rings. The molecule has 1 heterocycles. The molecule has 0 unspecified atom stereocenters. The number of hydrogen-bond acceptors (Lipinski definition) is 4. The van der Waals surface area contributed by atoms with Crippen molar-refractivity contribution in [3.63, 3.8) is 0 Å². The third-order valence-corrected chi connectivity index (χ3v) is 3.79. The molecular weight excluding hydrogens is 318 g/mol. The minimum atomic E-state index is -0.275. The molecule has 6 heteroatoms. The van der Waals surface area contributed by atoms with Crippen LogP contribution in [0.5, 0.6) is 5.88 Å². The monoisotopic (exact) mass is 341 g/mol. The van der Waals surface area contributed by atoms with E-state index < -0.39 is 0 Å². The predicted octanol–water partition coefficient (Wildman–Crippen LogP) is 2.14. The number of rotatable bonds is 7. The zero-order valence-electron chi connectivity index (χ0n) is 14.8. The van der Waals surface area contributed by atoms with Crippen LogP contribution in [0.2, 0.25) is 0 Å². The number of benzene rings is 1. The summed E-state index contributed by atoms with van der Waals surface area (Å²) in [6.07, 6.45) is 1.64. The van der Waals surface area contributed by atoms with Gasteiger partial charge in [0.2, 0.25) is 11.8 Å². The molecule has 25 heavy (non-hydrogen) atoms. The zero-order chi connectivity index (χ0) is 18.2. The van der Waals surface area contributed by atoms with Crippen molar-refractivity contribution in [2.75, 3.05) is 13.2 Å². The smallest absolute Gasteiger partial charge is 0.251 e. The van der Waals surface area contributed by atoms with Crippen LogP contribution >= 0.6 is 0 Å². The maximum atomic E-state index is 12.1. The fourth-order valence-electron chi connectivity index (χ4n) is 2.23. The Kier molecular flexibility index (Phi) is 6.51. The molecule has 0 atom stereocenters. The van der Waals surface area contributed by atoms with Crippen LogP contribution in [0.1, 0.15) is 34.0 Å². The number of nitrogens with one attached hydrogen (secondary N) is 2. The van der Waals surface area contributed by atoms with Crippen molar-refractivity contribution in [3.8, 4) is 5.88 Å². The number of carbonyl (C=O) groups excluding carboxylic acids is 2. The Bertz CT molecular complexity index is 759. The molecule has 0 aliphatic rings. The average Bonchev–Trinajstić information content (AvgIpc) is 2.61. The van der Waals surface area contributed by atoms with Gasteiger partial charge in [0.1, 0.15) is 0 Å². The lowest BCUT2D eigenvalue weighted by Gasteiger charge is -2.10. The zero-order valence-corrected chi connectivity index (χ0v) is 14.8. The van der Waals surface area contributed by atoms with Gasteiger partial charge in [-0.25, -0.2) is 4.98 Å². The van der Waals surface area contributed by atoms with Gasteiger partial charge in [0.25, 0.3) is 5.91 Å². The lowest BCUT2D eigenvalue weighted by atomic mass is 10.1. The second kappa shape index (κ2) is 8.82. The Morgan fingerprint density at radius 3 is 2.64 bits per heavy atom. The second-order valence-electron chi connectivity index (χ2n) is 5.66. The van der Waals surface area contributed by atoms with Gasteiger partial charge in [-0.05, 0) is 50.1 Å². The van der Waals surface area contributed by atoms with Crippen molar-refractivity contribution in [1.29, 1.82) is 0 Å². The molecule has 0 saturated heterocycles. The minimum Gasteiger partial charge on any atom is -0.478 e. The summed E-state index contributed by atoms with van der Waals surface area (Å²) >= 11 is 0. The Hall–Kier alpha value is -2.89. The van der Waals surface area contributed by atoms with E-state index in [1.54, 1.807) is 18.3 Å². The summed E-state index contributed by atoms with van der Waals surface area (Å²) in [5.74, 6) is -0.0393. The van der Waals surface area contributed by atoms with Gasteiger partial charge in [-0.15, -0.1) is 0 Å². The molecule has 0 radical (unpaired) electrons. The number of aromatic nitrogens is 1. The van der Waals surface area contributed by atoms with Gasteiger partial charge in [0, 0.05) is 23.9 Å². The topological polar surface area (TPSA) is 80.3 Å². The number of hydrogen-bond donors (Lipinski definition) is 2. The number of pyridine rings is 1. The minimum absolute atomic E-state index is 0.0873. The summed E-state index contributed by atoms with van der Waals surface area (Å²) in [6, 6.07) is 9.07. The second-order valence-corrected chi connectivity index (χ2v) is 5.66. The molecule has 2 rings (SSSR count). The highest BCUT2D eigenvalue weighted by Gasteiger charge is 2.10. The van der Waals surface area contributed by atoms with Crippen LogP contribution in [0.15, 0.2) is 36.5 Å². The molecule has 0 bridgehead atoms. The molecule has 0 aliphatic carbocycles. The fraction of sp³-hybridized carbons (Fsp3) is 0.316.